The number of aliphatic carboxylic acids is 1. The summed E-state index contributed by atoms with van der Waals surface area (Å²) in [7, 11) is 0. The molecular weight excluding hydrogens is 200 g/mol. The first-order valence-electron chi connectivity index (χ1n) is 5.95. The second kappa shape index (κ2) is 4.86. The molecule has 1 unspecified atom stereocenters. The summed E-state index contributed by atoms with van der Waals surface area (Å²) in [4.78, 5) is 11.3. The number of rotatable bonds is 3. The first-order valence-corrected chi connectivity index (χ1v) is 5.95. The molecule has 0 heterocycles. The highest BCUT2D eigenvalue weighted by Crippen LogP contribution is 2.39. The maximum atomic E-state index is 11.3. The summed E-state index contributed by atoms with van der Waals surface area (Å²) in [5.74, 6) is -0.387. The zero-order valence-corrected chi connectivity index (χ0v) is 10.7. The van der Waals surface area contributed by atoms with Crippen molar-refractivity contribution in [1.82, 2.24) is 0 Å². The van der Waals surface area contributed by atoms with Gasteiger partial charge in [-0.05, 0) is 46.0 Å². The largest absolute Gasteiger partial charge is 0.481 e. The van der Waals surface area contributed by atoms with Crippen LogP contribution in [-0.2, 0) is 4.79 Å². The van der Waals surface area contributed by atoms with Crippen LogP contribution in [0.2, 0.25) is 0 Å². The standard InChI is InChI=1S/C14H22O2/c1-5-10(2)6-12-7-11(3)8-14(4,9-12)13(15)16/h6-7,12H,5,8-9H2,1-4H3,(H,15,16)/t12?,14-/m0/s1. The van der Waals surface area contributed by atoms with Crippen LogP contribution < -0.4 is 0 Å². The van der Waals surface area contributed by atoms with E-state index in [9.17, 15) is 9.90 Å². The molecule has 0 aromatic carbocycles. The summed E-state index contributed by atoms with van der Waals surface area (Å²) in [6.45, 7) is 8.12. The molecule has 1 rings (SSSR count). The Bertz CT molecular complexity index is 339. The Morgan fingerprint density at radius 3 is 2.81 bits per heavy atom. The summed E-state index contributed by atoms with van der Waals surface area (Å²) >= 11 is 0. The highest BCUT2D eigenvalue weighted by molar-refractivity contribution is 5.75. The van der Waals surface area contributed by atoms with Crippen LogP contribution in [-0.4, -0.2) is 11.1 Å². The van der Waals surface area contributed by atoms with Crippen LogP contribution in [0.25, 0.3) is 0 Å². The summed E-state index contributed by atoms with van der Waals surface area (Å²) in [6, 6.07) is 0. The maximum absolute atomic E-state index is 11.3. The Balaban J connectivity index is 2.91. The average molecular weight is 222 g/mol. The molecule has 0 bridgehead atoms. The molecule has 0 aromatic heterocycles. The minimum Gasteiger partial charge on any atom is -0.481 e. The summed E-state index contributed by atoms with van der Waals surface area (Å²) in [6.07, 6.45) is 6.86. The van der Waals surface area contributed by atoms with Gasteiger partial charge in [0.2, 0.25) is 0 Å². The number of carboxylic acids is 1. The van der Waals surface area contributed by atoms with Crippen molar-refractivity contribution in [2.75, 3.05) is 0 Å². The molecule has 0 saturated carbocycles. The average Bonchev–Trinajstić information content (AvgIpc) is 2.15. The van der Waals surface area contributed by atoms with E-state index in [0.717, 1.165) is 12.8 Å². The van der Waals surface area contributed by atoms with Gasteiger partial charge in [0, 0.05) is 0 Å². The van der Waals surface area contributed by atoms with Gasteiger partial charge in [0.25, 0.3) is 0 Å². The Morgan fingerprint density at radius 2 is 2.31 bits per heavy atom. The molecule has 1 N–H and O–H groups in total. The highest BCUT2D eigenvalue weighted by atomic mass is 16.4. The number of hydrogen-bond acceptors (Lipinski definition) is 1. The molecular formula is C14H22O2. The lowest BCUT2D eigenvalue weighted by Crippen LogP contribution is -2.32. The van der Waals surface area contributed by atoms with Crippen LogP contribution in [0, 0.1) is 11.3 Å². The molecule has 16 heavy (non-hydrogen) atoms. The van der Waals surface area contributed by atoms with E-state index in [0.29, 0.717) is 6.42 Å². The summed E-state index contributed by atoms with van der Waals surface area (Å²) in [5, 5.41) is 9.28. The predicted octanol–water partition coefficient (Wildman–Crippen LogP) is 3.79. The first-order chi connectivity index (χ1) is 7.37. The Kier molecular flexibility index (Phi) is 3.95. The van der Waals surface area contributed by atoms with E-state index in [1.165, 1.54) is 11.1 Å². The van der Waals surface area contributed by atoms with Crippen molar-refractivity contribution in [2.45, 2.75) is 47.0 Å². The topological polar surface area (TPSA) is 37.3 Å². The lowest BCUT2D eigenvalue weighted by Gasteiger charge is -2.32. The maximum Gasteiger partial charge on any atom is 0.309 e. The van der Waals surface area contributed by atoms with Crippen molar-refractivity contribution in [1.29, 1.82) is 0 Å². The minimum absolute atomic E-state index is 0.287. The fraction of sp³-hybridized carbons (Fsp3) is 0.643. The van der Waals surface area contributed by atoms with Crippen LogP contribution in [0.4, 0.5) is 0 Å². The fourth-order valence-corrected chi connectivity index (χ4v) is 2.44. The van der Waals surface area contributed by atoms with Crippen molar-refractivity contribution in [3.63, 3.8) is 0 Å². The van der Waals surface area contributed by atoms with Crippen molar-refractivity contribution >= 4 is 5.97 Å². The fourth-order valence-electron chi connectivity index (χ4n) is 2.44. The van der Waals surface area contributed by atoms with Gasteiger partial charge in [0.1, 0.15) is 0 Å². The molecule has 0 radical (unpaired) electrons. The van der Waals surface area contributed by atoms with Gasteiger partial charge in [-0.3, -0.25) is 4.79 Å². The van der Waals surface area contributed by atoms with Gasteiger partial charge >= 0.3 is 5.97 Å². The minimum atomic E-state index is -0.674. The number of hydrogen-bond donors (Lipinski definition) is 1. The van der Waals surface area contributed by atoms with Crippen LogP contribution >= 0.6 is 0 Å². The Morgan fingerprint density at radius 1 is 1.69 bits per heavy atom. The van der Waals surface area contributed by atoms with E-state index in [2.05, 4.69) is 26.0 Å². The Hall–Kier alpha value is -1.05. The molecule has 2 nitrogen and oxygen atoms in total. The van der Waals surface area contributed by atoms with Crippen LogP contribution in [0.1, 0.15) is 47.0 Å². The van der Waals surface area contributed by atoms with Crippen molar-refractivity contribution < 1.29 is 9.90 Å². The predicted molar refractivity (Wildman–Crippen MR) is 66.3 cm³/mol. The van der Waals surface area contributed by atoms with E-state index < -0.39 is 11.4 Å². The van der Waals surface area contributed by atoms with E-state index >= 15 is 0 Å². The van der Waals surface area contributed by atoms with Gasteiger partial charge in [-0.1, -0.05) is 30.2 Å². The van der Waals surface area contributed by atoms with Crippen molar-refractivity contribution in [3.8, 4) is 0 Å². The Labute approximate surface area is 98.1 Å². The third kappa shape index (κ3) is 2.97. The number of carboxylic acid groups (broad SMARTS) is 1. The third-order valence-electron chi connectivity index (χ3n) is 3.43. The first kappa shape index (κ1) is 13.0. The van der Waals surface area contributed by atoms with Crippen molar-refractivity contribution in [2.24, 2.45) is 11.3 Å². The second-order valence-electron chi connectivity index (χ2n) is 5.29. The molecule has 90 valence electrons. The van der Waals surface area contributed by atoms with Gasteiger partial charge in [-0.2, -0.15) is 0 Å². The molecule has 2 atom stereocenters. The third-order valence-corrected chi connectivity index (χ3v) is 3.43. The SMILES string of the molecule is CCC(C)=CC1C=C(C)C[C@](C)(C(=O)O)C1. The molecule has 0 amide bonds. The van der Waals surface area contributed by atoms with Gasteiger partial charge in [-0.25, -0.2) is 0 Å². The zero-order chi connectivity index (χ0) is 12.3. The lowest BCUT2D eigenvalue weighted by molar-refractivity contribution is -0.148. The zero-order valence-electron chi connectivity index (χ0n) is 10.7. The van der Waals surface area contributed by atoms with Gasteiger partial charge < -0.3 is 5.11 Å². The molecule has 2 heteroatoms. The van der Waals surface area contributed by atoms with Crippen LogP contribution in [0.5, 0.6) is 0 Å². The van der Waals surface area contributed by atoms with E-state index in [-0.39, 0.29) is 5.92 Å². The number of carbonyl (C=O) groups is 1. The quantitative estimate of drug-likeness (QED) is 0.738. The molecule has 1 aliphatic rings. The lowest BCUT2D eigenvalue weighted by atomic mass is 9.71. The molecule has 0 aliphatic heterocycles. The molecule has 0 aromatic rings. The summed E-state index contributed by atoms with van der Waals surface area (Å²) in [5.41, 5.74) is 1.94. The van der Waals surface area contributed by atoms with E-state index in [1.54, 1.807) is 0 Å². The molecule has 1 aliphatic carbocycles. The molecule has 0 spiro atoms. The van der Waals surface area contributed by atoms with Gasteiger partial charge in [0.05, 0.1) is 5.41 Å². The number of allylic oxidation sites excluding steroid dienone is 4. The molecule has 0 fully saturated rings. The second-order valence-corrected chi connectivity index (χ2v) is 5.29. The normalized spacial score (nSPS) is 31.1. The van der Waals surface area contributed by atoms with E-state index in [4.69, 9.17) is 0 Å². The van der Waals surface area contributed by atoms with Gasteiger partial charge in [-0.15, -0.1) is 0 Å². The van der Waals surface area contributed by atoms with Crippen molar-refractivity contribution in [3.05, 3.63) is 23.3 Å². The molecule has 0 saturated heterocycles. The highest BCUT2D eigenvalue weighted by Gasteiger charge is 2.37. The summed E-state index contributed by atoms with van der Waals surface area (Å²) < 4.78 is 0. The van der Waals surface area contributed by atoms with Crippen LogP contribution in [0.15, 0.2) is 23.3 Å². The van der Waals surface area contributed by atoms with E-state index in [1.807, 2.05) is 13.8 Å². The smallest absolute Gasteiger partial charge is 0.309 e. The van der Waals surface area contributed by atoms with Crippen LogP contribution in [0.3, 0.4) is 0 Å². The monoisotopic (exact) mass is 222 g/mol. The van der Waals surface area contributed by atoms with Gasteiger partial charge in [0.15, 0.2) is 0 Å².